The van der Waals surface area contributed by atoms with E-state index in [4.69, 9.17) is 0 Å². The fourth-order valence-electron chi connectivity index (χ4n) is 2.06. The van der Waals surface area contributed by atoms with E-state index in [0.717, 1.165) is 12.1 Å². The SMILES string of the molecule is CCC(Nc1ccc(OC(F)(F)F)c(Br)c1)C1CC1. The van der Waals surface area contributed by atoms with E-state index >= 15 is 0 Å². The average Bonchev–Trinajstić information content (AvgIpc) is 3.12. The summed E-state index contributed by atoms with van der Waals surface area (Å²) in [6.45, 7) is 2.10. The van der Waals surface area contributed by atoms with E-state index in [1.807, 2.05) is 0 Å². The Hall–Kier alpha value is -0.910. The molecule has 1 aliphatic carbocycles. The van der Waals surface area contributed by atoms with Crippen LogP contribution in [0, 0.1) is 5.92 Å². The fourth-order valence-corrected chi connectivity index (χ4v) is 2.52. The molecule has 1 aromatic rings. The van der Waals surface area contributed by atoms with Crippen LogP contribution in [0.2, 0.25) is 0 Å². The maximum absolute atomic E-state index is 12.1. The molecule has 1 fully saturated rings. The van der Waals surface area contributed by atoms with E-state index in [1.54, 1.807) is 12.1 Å². The summed E-state index contributed by atoms with van der Waals surface area (Å²) in [6, 6.07) is 4.93. The Bertz CT molecular complexity index is 446. The first-order chi connectivity index (χ1) is 8.89. The molecular formula is C13H15BrF3NO. The minimum atomic E-state index is -4.67. The van der Waals surface area contributed by atoms with Gasteiger partial charge in [0.1, 0.15) is 5.75 Å². The van der Waals surface area contributed by atoms with Crippen LogP contribution in [0.15, 0.2) is 22.7 Å². The molecule has 0 spiro atoms. The summed E-state index contributed by atoms with van der Waals surface area (Å²) in [7, 11) is 0. The summed E-state index contributed by atoms with van der Waals surface area (Å²) in [6.07, 6.45) is -1.22. The van der Waals surface area contributed by atoms with Crippen LogP contribution < -0.4 is 10.1 Å². The highest BCUT2D eigenvalue weighted by Crippen LogP contribution is 2.37. The second kappa shape index (κ2) is 5.61. The minimum absolute atomic E-state index is 0.225. The zero-order chi connectivity index (χ0) is 14.0. The Morgan fingerprint density at radius 1 is 1.42 bits per heavy atom. The van der Waals surface area contributed by atoms with Gasteiger partial charge in [0.2, 0.25) is 0 Å². The summed E-state index contributed by atoms with van der Waals surface area (Å²) < 4.78 is 40.6. The van der Waals surface area contributed by atoms with Crippen molar-refractivity contribution in [1.29, 1.82) is 0 Å². The summed E-state index contributed by atoms with van der Waals surface area (Å²) >= 11 is 3.10. The van der Waals surface area contributed by atoms with Gasteiger partial charge >= 0.3 is 6.36 Å². The van der Waals surface area contributed by atoms with Crippen LogP contribution >= 0.6 is 15.9 Å². The van der Waals surface area contributed by atoms with E-state index in [9.17, 15) is 13.2 Å². The topological polar surface area (TPSA) is 21.3 Å². The first kappa shape index (κ1) is 14.5. The van der Waals surface area contributed by atoms with Gasteiger partial charge in [0.25, 0.3) is 0 Å². The minimum Gasteiger partial charge on any atom is -0.405 e. The molecule has 19 heavy (non-hydrogen) atoms. The van der Waals surface area contributed by atoms with Gasteiger partial charge in [-0.25, -0.2) is 0 Å². The molecule has 1 aliphatic rings. The predicted molar refractivity (Wildman–Crippen MR) is 71.3 cm³/mol. The third kappa shape index (κ3) is 4.30. The smallest absolute Gasteiger partial charge is 0.405 e. The normalized spacial score (nSPS) is 17.1. The van der Waals surface area contributed by atoms with Crippen molar-refractivity contribution in [2.45, 2.75) is 38.6 Å². The summed E-state index contributed by atoms with van der Waals surface area (Å²) in [5.41, 5.74) is 0.806. The molecule has 1 aromatic carbocycles. The first-order valence-electron chi connectivity index (χ1n) is 6.21. The average molecular weight is 338 g/mol. The molecule has 0 radical (unpaired) electrons. The van der Waals surface area contributed by atoms with Crippen molar-refractivity contribution in [2.75, 3.05) is 5.32 Å². The Morgan fingerprint density at radius 2 is 2.11 bits per heavy atom. The molecule has 1 unspecified atom stereocenters. The number of nitrogens with one attached hydrogen (secondary N) is 1. The van der Waals surface area contributed by atoms with Gasteiger partial charge < -0.3 is 10.1 Å². The highest BCUT2D eigenvalue weighted by molar-refractivity contribution is 9.10. The Labute approximate surface area is 118 Å². The van der Waals surface area contributed by atoms with Gasteiger partial charge in [-0.1, -0.05) is 6.92 Å². The summed E-state index contributed by atoms with van der Waals surface area (Å²) in [4.78, 5) is 0. The molecule has 1 saturated carbocycles. The number of hydrogen-bond acceptors (Lipinski definition) is 2. The maximum Gasteiger partial charge on any atom is 0.573 e. The van der Waals surface area contributed by atoms with Crippen molar-refractivity contribution in [3.63, 3.8) is 0 Å². The van der Waals surface area contributed by atoms with E-state index in [0.29, 0.717) is 16.4 Å². The van der Waals surface area contributed by atoms with Gasteiger partial charge in [-0.05, 0) is 59.3 Å². The fraction of sp³-hybridized carbons (Fsp3) is 0.538. The molecule has 1 N–H and O–H groups in total. The van der Waals surface area contributed by atoms with Crippen LogP contribution in [0.3, 0.4) is 0 Å². The first-order valence-corrected chi connectivity index (χ1v) is 7.00. The van der Waals surface area contributed by atoms with Gasteiger partial charge in [0.05, 0.1) is 4.47 Å². The molecule has 0 aliphatic heterocycles. The number of benzene rings is 1. The number of rotatable bonds is 5. The summed E-state index contributed by atoms with van der Waals surface area (Å²) in [5.74, 6) is 0.465. The third-order valence-electron chi connectivity index (χ3n) is 3.14. The molecular weight excluding hydrogens is 323 g/mol. The van der Waals surface area contributed by atoms with Crippen LogP contribution in [-0.4, -0.2) is 12.4 Å². The van der Waals surface area contributed by atoms with Crippen LogP contribution in [0.1, 0.15) is 26.2 Å². The number of halogens is 4. The van der Waals surface area contributed by atoms with Crippen LogP contribution in [0.4, 0.5) is 18.9 Å². The van der Waals surface area contributed by atoms with E-state index in [1.165, 1.54) is 18.9 Å². The molecule has 1 atom stereocenters. The lowest BCUT2D eigenvalue weighted by Crippen LogP contribution is -2.21. The lowest BCUT2D eigenvalue weighted by molar-refractivity contribution is -0.274. The van der Waals surface area contributed by atoms with Crippen LogP contribution in [0.25, 0.3) is 0 Å². The van der Waals surface area contributed by atoms with E-state index in [2.05, 4.69) is 32.9 Å². The Morgan fingerprint density at radius 3 is 2.58 bits per heavy atom. The lowest BCUT2D eigenvalue weighted by atomic mass is 10.1. The molecule has 0 heterocycles. The number of alkyl halides is 3. The molecule has 0 saturated heterocycles. The molecule has 0 aromatic heterocycles. The van der Waals surface area contributed by atoms with Crippen molar-refractivity contribution in [1.82, 2.24) is 0 Å². The molecule has 106 valence electrons. The third-order valence-corrected chi connectivity index (χ3v) is 3.76. The van der Waals surface area contributed by atoms with Crippen molar-refractivity contribution in [2.24, 2.45) is 5.92 Å². The van der Waals surface area contributed by atoms with Gasteiger partial charge in [-0.15, -0.1) is 13.2 Å². The zero-order valence-corrected chi connectivity index (χ0v) is 12.0. The van der Waals surface area contributed by atoms with Gasteiger partial charge in [-0.3, -0.25) is 0 Å². The number of anilines is 1. The second-order valence-electron chi connectivity index (χ2n) is 4.69. The van der Waals surface area contributed by atoms with Crippen molar-refractivity contribution < 1.29 is 17.9 Å². The number of hydrogen-bond donors (Lipinski definition) is 1. The van der Waals surface area contributed by atoms with Crippen molar-refractivity contribution >= 4 is 21.6 Å². The lowest BCUT2D eigenvalue weighted by Gasteiger charge is -2.18. The van der Waals surface area contributed by atoms with E-state index in [-0.39, 0.29) is 5.75 Å². The molecule has 0 bridgehead atoms. The molecule has 6 heteroatoms. The second-order valence-corrected chi connectivity index (χ2v) is 5.54. The van der Waals surface area contributed by atoms with Gasteiger partial charge in [-0.2, -0.15) is 0 Å². The Balaban J connectivity index is 2.05. The predicted octanol–water partition coefficient (Wildman–Crippen LogP) is 4.95. The monoisotopic (exact) mass is 337 g/mol. The van der Waals surface area contributed by atoms with Crippen molar-refractivity contribution in [3.05, 3.63) is 22.7 Å². The maximum atomic E-state index is 12.1. The van der Waals surface area contributed by atoms with Gasteiger partial charge in [0, 0.05) is 11.7 Å². The van der Waals surface area contributed by atoms with E-state index < -0.39 is 6.36 Å². The largest absolute Gasteiger partial charge is 0.573 e. The van der Waals surface area contributed by atoms with Gasteiger partial charge in [0.15, 0.2) is 0 Å². The molecule has 0 amide bonds. The van der Waals surface area contributed by atoms with Crippen molar-refractivity contribution in [3.8, 4) is 5.75 Å². The standard InChI is InChI=1S/C13H15BrF3NO/c1-2-11(8-3-4-8)18-9-5-6-12(10(14)7-9)19-13(15,16)17/h5-8,11,18H,2-4H2,1H3. The highest BCUT2D eigenvalue weighted by Gasteiger charge is 2.32. The quantitative estimate of drug-likeness (QED) is 0.820. The molecule has 2 rings (SSSR count). The Kier molecular flexibility index (Phi) is 4.28. The highest BCUT2D eigenvalue weighted by atomic mass is 79.9. The summed E-state index contributed by atoms with van der Waals surface area (Å²) in [5, 5.41) is 3.35. The van der Waals surface area contributed by atoms with Crippen LogP contribution in [0.5, 0.6) is 5.75 Å². The molecule has 2 nitrogen and oxygen atoms in total. The number of ether oxygens (including phenoxy) is 1. The zero-order valence-electron chi connectivity index (χ0n) is 10.4. The van der Waals surface area contributed by atoms with Crippen LogP contribution in [-0.2, 0) is 0 Å².